The van der Waals surface area contributed by atoms with Crippen molar-refractivity contribution in [1.82, 2.24) is 19.7 Å². The smallest absolute Gasteiger partial charge is 0.246 e. The lowest BCUT2D eigenvalue weighted by Gasteiger charge is -2.32. The highest BCUT2D eigenvalue weighted by atomic mass is 16.5. The average Bonchev–Trinajstić information content (AvgIpc) is 3.29. The summed E-state index contributed by atoms with van der Waals surface area (Å²) >= 11 is 0. The van der Waals surface area contributed by atoms with Crippen LogP contribution in [0, 0.1) is 6.92 Å². The van der Waals surface area contributed by atoms with Gasteiger partial charge in [-0.3, -0.25) is 14.5 Å². The summed E-state index contributed by atoms with van der Waals surface area (Å²) in [6, 6.07) is 15.8. The lowest BCUT2D eigenvalue weighted by Crippen LogP contribution is -2.40. The van der Waals surface area contributed by atoms with Gasteiger partial charge in [0.1, 0.15) is 11.4 Å². The fourth-order valence-electron chi connectivity index (χ4n) is 4.74. The van der Waals surface area contributed by atoms with Gasteiger partial charge in [0.2, 0.25) is 5.91 Å². The minimum absolute atomic E-state index is 0.0334. The van der Waals surface area contributed by atoms with E-state index in [0.717, 1.165) is 52.9 Å². The minimum atomic E-state index is -0.0334. The Labute approximate surface area is 204 Å². The van der Waals surface area contributed by atoms with E-state index < -0.39 is 0 Å². The highest BCUT2D eigenvalue weighted by molar-refractivity contribution is 5.93. The second-order valence-corrected chi connectivity index (χ2v) is 8.70. The molecular weight excluding hydrogens is 440 g/mol. The van der Waals surface area contributed by atoms with E-state index in [0.29, 0.717) is 18.0 Å². The Kier molecular flexibility index (Phi) is 6.23. The van der Waals surface area contributed by atoms with E-state index >= 15 is 0 Å². The van der Waals surface area contributed by atoms with Crippen LogP contribution in [-0.4, -0.2) is 45.8 Å². The number of para-hydroxylation sites is 1. The molecule has 2 aromatic carbocycles. The van der Waals surface area contributed by atoms with Gasteiger partial charge in [0.25, 0.3) is 0 Å². The van der Waals surface area contributed by atoms with Crippen molar-refractivity contribution in [1.29, 1.82) is 0 Å². The predicted octanol–water partition coefficient (Wildman–Crippen LogP) is 5.56. The van der Waals surface area contributed by atoms with Crippen LogP contribution >= 0.6 is 0 Å². The molecule has 7 nitrogen and oxygen atoms in total. The van der Waals surface area contributed by atoms with Crippen LogP contribution in [0.1, 0.15) is 24.4 Å². The molecule has 1 aliphatic rings. The predicted molar refractivity (Wildman–Crippen MR) is 136 cm³/mol. The van der Waals surface area contributed by atoms with Gasteiger partial charge in [0.15, 0.2) is 11.5 Å². The van der Waals surface area contributed by atoms with Crippen LogP contribution in [0.25, 0.3) is 22.2 Å². The molecule has 1 saturated heterocycles. The number of methoxy groups -OCH3 is 1. The van der Waals surface area contributed by atoms with Crippen LogP contribution in [0.15, 0.2) is 73.6 Å². The molecule has 0 bridgehead atoms. The summed E-state index contributed by atoms with van der Waals surface area (Å²) in [7, 11) is 1.65. The zero-order chi connectivity index (χ0) is 24.4. The van der Waals surface area contributed by atoms with E-state index in [4.69, 9.17) is 14.6 Å². The fourth-order valence-corrected chi connectivity index (χ4v) is 4.74. The SMILES string of the molecule is C=CC(=O)N1CCC[C@@H](n2nc(-c3ccc(Oc4cccc(C)c4OC)cc3)c3cnccc32)C1. The summed E-state index contributed by atoms with van der Waals surface area (Å²) < 4.78 is 13.7. The number of rotatable bonds is 6. The number of benzene rings is 2. The molecule has 178 valence electrons. The third-order valence-corrected chi connectivity index (χ3v) is 6.47. The van der Waals surface area contributed by atoms with Crippen LogP contribution in [0.4, 0.5) is 0 Å². The first-order valence-corrected chi connectivity index (χ1v) is 11.7. The molecule has 0 N–H and O–H groups in total. The summed E-state index contributed by atoms with van der Waals surface area (Å²) in [5.74, 6) is 2.08. The topological polar surface area (TPSA) is 69.5 Å². The quantitative estimate of drug-likeness (QED) is 0.347. The summed E-state index contributed by atoms with van der Waals surface area (Å²) in [6.45, 7) is 7.00. The summed E-state index contributed by atoms with van der Waals surface area (Å²) in [6.07, 6.45) is 6.91. The molecule has 35 heavy (non-hydrogen) atoms. The lowest BCUT2D eigenvalue weighted by atomic mass is 10.1. The average molecular weight is 469 g/mol. The maximum Gasteiger partial charge on any atom is 0.246 e. The fraction of sp³-hybridized carbons (Fsp3) is 0.250. The van der Waals surface area contributed by atoms with Crippen LogP contribution in [0.5, 0.6) is 17.2 Å². The molecule has 1 amide bonds. The normalized spacial score (nSPS) is 15.7. The molecule has 4 aromatic rings. The van der Waals surface area contributed by atoms with Gasteiger partial charge in [-0.1, -0.05) is 18.7 Å². The van der Waals surface area contributed by atoms with Crippen LogP contribution in [0.3, 0.4) is 0 Å². The van der Waals surface area contributed by atoms with Gasteiger partial charge in [-0.15, -0.1) is 0 Å². The largest absolute Gasteiger partial charge is 0.493 e. The maximum absolute atomic E-state index is 12.2. The number of carbonyl (C=O) groups is 1. The van der Waals surface area contributed by atoms with Gasteiger partial charge in [-0.2, -0.15) is 5.10 Å². The van der Waals surface area contributed by atoms with E-state index in [-0.39, 0.29) is 11.9 Å². The Bertz CT molecular complexity index is 1380. The third-order valence-electron chi connectivity index (χ3n) is 6.47. The van der Waals surface area contributed by atoms with E-state index in [1.165, 1.54) is 6.08 Å². The molecule has 7 heteroatoms. The van der Waals surface area contributed by atoms with Crippen LogP contribution < -0.4 is 9.47 Å². The van der Waals surface area contributed by atoms with Crippen molar-refractivity contribution >= 4 is 16.8 Å². The Hall–Kier alpha value is -4.13. The minimum Gasteiger partial charge on any atom is -0.493 e. The first-order chi connectivity index (χ1) is 17.1. The zero-order valence-electron chi connectivity index (χ0n) is 20.0. The summed E-state index contributed by atoms with van der Waals surface area (Å²) in [4.78, 5) is 18.4. The van der Waals surface area contributed by atoms with Crippen molar-refractivity contribution in [3.63, 3.8) is 0 Å². The van der Waals surface area contributed by atoms with Crippen molar-refractivity contribution in [3.8, 4) is 28.5 Å². The van der Waals surface area contributed by atoms with Crippen molar-refractivity contribution < 1.29 is 14.3 Å². The second kappa shape index (κ2) is 9.62. The molecule has 0 unspecified atom stereocenters. The summed E-state index contributed by atoms with van der Waals surface area (Å²) in [5, 5.41) is 5.99. The molecule has 1 fully saturated rings. The number of piperidine rings is 1. The number of ether oxygens (including phenoxy) is 2. The molecule has 1 aliphatic heterocycles. The number of pyridine rings is 1. The Morgan fingerprint density at radius 2 is 2.00 bits per heavy atom. The molecule has 3 heterocycles. The molecule has 1 atom stereocenters. The molecular formula is C28H28N4O3. The number of likely N-dealkylation sites (tertiary alicyclic amines) is 1. The third kappa shape index (κ3) is 4.37. The first-order valence-electron chi connectivity index (χ1n) is 11.7. The highest BCUT2D eigenvalue weighted by Crippen LogP contribution is 2.36. The van der Waals surface area contributed by atoms with Crippen LogP contribution in [-0.2, 0) is 4.79 Å². The number of aryl methyl sites for hydroxylation is 1. The Morgan fingerprint density at radius 1 is 1.17 bits per heavy atom. The Balaban J connectivity index is 1.45. The van der Waals surface area contributed by atoms with Gasteiger partial charge in [0, 0.05) is 36.4 Å². The lowest BCUT2D eigenvalue weighted by molar-refractivity contribution is -0.127. The maximum atomic E-state index is 12.2. The molecule has 0 saturated carbocycles. The molecule has 0 aliphatic carbocycles. The number of amides is 1. The number of hydrogen-bond acceptors (Lipinski definition) is 5. The van der Waals surface area contributed by atoms with Crippen molar-refractivity contribution in [2.24, 2.45) is 0 Å². The second-order valence-electron chi connectivity index (χ2n) is 8.70. The van der Waals surface area contributed by atoms with Crippen molar-refractivity contribution in [2.75, 3.05) is 20.2 Å². The standard InChI is InChI=1S/C28H28N4O3/c1-4-26(33)31-16-6-8-21(18-31)32-24-14-15-29-17-23(24)27(30-32)20-10-12-22(13-11-20)35-25-9-5-7-19(2)28(25)34-3/h4-5,7,9-15,17,21H,1,6,8,16,18H2,2-3H3/t21-/m1/s1. The molecule has 0 spiro atoms. The van der Waals surface area contributed by atoms with Gasteiger partial charge in [-0.05, 0) is 67.8 Å². The monoisotopic (exact) mass is 468 g/mol. The number of fused-ring (bicyclic) bond motifs is 1. The highest BCUT2D eigenvalue weighted by Gasteiger charge is 2.26. The number of carbonyl (C=O) groups excluding carboxylic acids is 1. The van der Waals surface area contributed by atoms with E-state index in [1.807, 2.05) is 66.6 Å². The van der Waals surface area contributed by atoms with Gasteiger partial charge < -0.3 is 14.4 Å². The first kappa shape index (κ1) is 22.7. The Morgan fingerprint density at radius 3 is 2.77 bits per heavy atom. The van der Waals surface area contributed by atoms with E-state index in [2.05, 4.69) is 16.2 Å². The van der Waals surface area contributed by atoms with Gasteiger partial charge in [-0.25, -0.2) is 0 Å². The molecule has 2 aromatic heterocycles. The summed E-state index contributed by atoms with van der Waals surface area (Å²) in [5.41, 5.74) is 3.86. The number of nitrogens with zero attached hydrogens (tertiary/aromatic N) is 4. The van der Waals surface area contributed by atoms with Crippen molar-refractivity contribution in [3.05, 3.63) is 79.1 Å². The number of hydrogen-bond donors (Lipinski definition) is 0. The zero-order valence-corrected chi connectivity index (χ0v) is 20.0. The molecule has 5 rings (SSSR count). The van der Waals surface area contributed by atoms with Crippen molar-refractivity contribution in [2.45, 2.75) is 25.8 Å². The van der Waals surface area contributed by atoms with Crippen LogP contribution in [0.2, 0.25) is 0 Å². The molecule has 0 radical (unpaired) electrons. The van der Waals surface area contributed by atoms with E-state index in [1.54, 1.807) is 13.3 Å². The number of aromatic nitrogens is 3. The van der Waals surface area contributed by atoms with E-state index in [9.17, 15) is 4.79 Å². The van der Waals surface area contributed by atoms with Gasteiger partial charge >= 0.3 is 0 Å². The van der Waals surface area contributed by atoms with Gasteiger partial charge in [0.05, 0.1) is 18.7 Å².